The van der Waals surface area contributed by atoms with Gasteiger partial charge in [0, 0.05) is 0 Å². The minimum atomic E-state index is 0.307. The number of ether oxygens (including phenoxy) is 4. The van der Waals surface area contributed by atoms with E-state index in [1.54, 1.807) is 24.3 Å². The van der Waals surface area contributed by atoms with E-state index in [1.807, 2.05) is 24.3 Å². The quantitative estimate of drug-likeness (QED) is 0.519. The fourth-order valence-electron chi connectivity index (χ4n) is 1.79. The minimum absolute atomic E-state index is 0.307. The van der Waals surface area contributed by atoms with Gasteiger partial charge in [-0.25, -0.2) is 0 Å². The number of rotatable bonds is 9. The molecule has 0 saturated carbocycles. The lowest BCUT2D eigenvalue weighted by Gasteiger charge is -2.05. The molecule has 0 aromatic heterocycles. The Labute approximate surface area is 138 Å². The van der Waals surface area contributed by atoms with E-state index in [2.05, 4.69) is 9.47 Å². The molecular weight excluding hydrogens is 312 g/mol. The maximum absolute atomic E-state index is 9.97. The van der Waals surface area contributed by atoms with E-state index >= 15 is 0 Å². The van der Waals surface area contributed by atoms with Gasteiger partial charge in [0.25, 0.3) is 12.9 Å². The zero-order valence-electron chi connectivity index (χ0n) is 12.5. The van der Waals surface area contributed by atoms with Gasteiger partial charge in [0.2, 0.25) is 0 Å². The van der Waals surface area contributed by atoms with Crippen LogP contribution in [0.1, 0.15) is 0 Å². The van der Waals surface area contributed by atoms with Crippen LogP contribution >= 0.6 is 0 Å². The van der Waals surface area contributed by atoms with Gasteiger partial charge in [-0.1, -0.05) is 24.3 Å². The molecule has 0 spiro atoms. The Hall–Kier alpha value is -3.54. The first-order valence-corrected chi connectivity index (χ1v) is 6.85. The van der Waals surface area contributed by atoms with Gasteiger partial charge in [-0.3, -0.25) is 9.59 Å². The van der Waals surface area contributed by atoms with Crippen molar-refractivity contribution < 1.29 is 28.5 Å². The number of benzene rings is 2. The highest BCUT2D eigenvalue weighted by Crippen LogP contribution is 2.24. The second-order valence-corrected chi connectivity index (χ2v) is 4.29. The van der Waals surface area contributed by atoms with Crippen LogP contribution in [0.4, 0.5) is 0 Å². The first-order chi connectivity index (χ1) is 11.8. The molecule has 0 unspecified atom stereocenters. The summed E-state index contributed by atoms with van der Waals surface area (Å²) in [6, 6.07) is 14.8. The molecule has 0 aliphatic heterocycles. The van der Waals surface area contributed by atoms with E-state index in [-0.39, 0.29) is 0 Å². The highest BCUT2D eigenvalue weighted by molar-refractivity contribution is 5.64. The van der Waals surface area contributed by atoms with Gasteiger partial charge < -0.3 is 18.9 Å². The number of hydrogen-bond acceptors (Lipinski definition) is 6. The fraction of sp³-hybridized carbons (Fsp3) is 0. The molecule has 0 aliphatic rings. The van der Waals surface area contributed by atoms with Gasteiger partial charge in [-0.05, 0) is 35.4 Å². The van der Waals surface area contributed by atoms with Gasteiger partial charge in [0.05, 0.1) is 0 Å². The lowest BCUT2D eigenvalue weighted by atomic mass is 10.1. The summed E-state index contributed by atoms with van der Waals surface area (Å²) in [6.07, 6.45) is 4.84. The Morgan fingerprint density at radius 3 is 1.25 bits per heavy atom. The van der Waals surface area contributed by atoms with Crippen molar-refractivity contribution in [1.29, 1.82) is 0 Å². The van der Waals surface area contributed by atoms with Crippen molar-refractivity contribution in [2.24, 2.45) is 0 Å². The van der Waals surface area contributed by atoms with Crippen molar-refractivity contribution in [3.8, 4) is 22.6 Å². The number of carbonyl (C=O) groups is 2. The largest absolute Gasteiger partial charge is 0.462 e. The standard InChI is InChI=1S/C18H14O6/c19-13-21-9-11-23-17-5-1-15(2-6-17)16-3-7-18(8-4-16)24-12-10-22-14-20/h1-14H/b11-9-,12-10-. The van der Waals surface area contributed by atoms with E-state index in [9.17, 15) is 9.59 Å². The zero-order chi connectivity index (χ0) is 17.0. The molecule has 0 radical (unpaired) electrons. The van der Waals surface area contributed by atoms with Gasteiger partial charge in [-0.15, -0.1) is 0 Å². The number of carbonyl (C=O) groups excluding carboxylic acids is 2. The summed E-state index contributed by atoms with van der Waals surface area (Å²) >= 11 is 0. The van der Waals surface area contributed by atoms with Crippen LogP contribution in [0.15, 0.2) is 73.6 Å². The fourth-order valence-corrected chi connectivity index (χ4v) is 1.79. The Morgan fingerprint density at radius 1 is 0.542 bits per heavy atom. The Morgan fingerprint density at radius 2 is 0.917 bits per heavy atom. The molecule has 2 aromatic carbocycles. The van der Waals surface area contributed by atoms with Crippen LogP contribution in [0.25, 0.3) is 11.1 Å². The van der Waals surface area contributed by atoms with E-state index in [0.29, 0.717) is 24.4 Å². The second-order valence-electron chi connectivity index (χ2n) is 4.29. The molecule has 2 aromatic rings. The van der Waals surface area contributed by atoms with Gasteiger partial charge in [0.15, 0.2) is 0 Å². The van der Waals surface area contributed by atoms with Crippen molar-refractivity contribution in [2.75, 3.05) is 0 Å². The molecule has 6 heteroatoms. The Bertz CT molecular complexity index is 638. The maximum atomic E-state index is 9.97. The predicted octanol–water partition coefficient (Wildman–Crippen LogP) is 3.40. The lowest BCUT2D eigenvalue weighted by Crippen LogP contribution is -1.85. The summed E-state index contributed by atoms with van der Waals surface area (Å²) < 4.78 is 19.3. The van der Waals surface area contributed by atoms with Crippen LogP contribution in [0.3, 0.4) is 0 Å². The topological polar surface area (TPSA) is 71.1 Å². The first-order valence-electron chi connectivity index (χ1n) is 6.85. The molecule has 0 aliphatic carbocycles. The molecular formula is C18H14O6. The third-order valence-corrected chi connectivity index (χ3v) is 2.83. The SMILES string of the molecule is O=CO/C=C\Oc1ccc(-c2ccc(O/C=C\OC=O)cc2)cc1. The van der Waals surface area contributed by atoms with E-state index in [1.165, 1.54) is 12.5 Å². The highest BCUT2D eigenvalue weighted by Gasteiger charge is 1.99. The summed E-state index contributed by atoms with van der Waals surface area (Å²) in [5.41, 5.74) is 2.00. The van der Waals surface area contributed by atoms with Crippen molar-refractivity contribution in [1.82, 2.24) is 0 Å². The summed E-state index contributed by atoms with van der Waals surface area (Å²) in [5.74, 6) is 1.23. The second kappa shape index (κ2) is 9.47. The predicted molar refractivity (Wildman–Crippen MR) is 85.7 cm³/mol. The van der Waals surface area contributed by atoms with Gasteiger partial charge in [-0.2, -0.15) is 0 Å². The van der Waals surface area contributed by atoms with Crippen LogP contribution < -0.4 is 9.47 Å². The third kappa shape index (κ3) is 5.34. The minimum Gasteiger partial charge on any atom is -0.462 e. The van der Waals surface area contributed by atoms with Crippen LogP contribution in [0.5, 0.6) is 11.5 Å². The number of hydrogen-bond donors (Lipinski definition) is 0. The summed E-state index contributed by atoms with van der Waals surface area (Å²) in [6.45, 7) is 0.614. The van der Waals surface area contributed by atoms with Crippen molar-refractivity contribution in [3.63, 3.8) is 0 Å². The lowest BCUT2D eigenvalue weighted by molar-refractivity contribution is -0.124. The monoisotopic (exact) mass is 326 g/mol. The van der Waals surface area contributed by atoms with E-state index < -0.39 is 0 Å². The smallest absolute Gasteiger partial charge is 0.298 e. The first kappa shape index (κ1) is 16.8. The Balaban J connectivity index is 1.96. The molecule has 0 atom stereocenters. The molecule has 0 amide bonds. The van der Waals surface area contributed by atoms with Gasteiger partial charge >= 0.3 is 0 Å². The molecule has 2 rings (SSSR count). The molecule has 6 nitrogen and oxygen atoms in total. The molecule has 0 fully saturated rings. The summed E-state index contributed by atoms with van der Waals surface area (Å²) in [7, 11) is 0. The maximum Gasteiger partial charge on any atom is 0.298 e. The van der Waals surface area contributed by atoms with Crippen LogP contribution in [-0.2, 0) is 19.1 Å². The van der Waals surface area contributed by atoms with Gasteiger partial charge in [0.1, 0.15) is 36.5 Å². The van der Waals surface area contributed by atoms with Crippen molar-refractivity contribution >= 4 is 12.9 Å². The average molecular weight is 326 g/mol. The normalized spacial score (nSPS) is 10.5. The van der Waals surface area contributed by atoms with Crippen LogP contribution in [0.2, 0.25) is 0 Å². The molecule has 0 bridgehead atoms. The molecule has 122 valence electrons. The molecule has 24 heavy (non-hydrogen) atoms. The molecule has 0 N–H and O–H groups in total. The zero-order valence-corrected chi connectivity index (χ0v) is 12.5. The van der Waals surface area contributed by atoms with Crippen LogP contribution in [-0.4, -0.2) is 12.9 Å². The van der Waals surface area contributed by atoms with E-state index in [0.717, 1.165) is 23.7 Å². The third-order valence-electron chi connectivity index (χ3n) is 2.83. The van der Waals surface area contributed by atoms with E-state index in [4.69, 9.17) is 9.47 Å². The Kier molecular flexibility index (Phi) is 6.64. The average Bonchev–Trinajstić information content (AvgIpc) is 2.64. The molecule has 0 saturated heterocycles. The highest BCUT2D eigenvalue weighted by atomic mass is 16.5. The summed E-state index contributed by atoms with van der Waals surface area (Å²) in [4.78, 5) is 19.9. The molecule has 0 heterocycles. The van der Waals surface area contributed by atoms with Crippen LogP contribution in [0, 0.1) is 0 Å². The summed E-state index contributed by atoms with van der Waals surface area (Å²) in [5, 5.41) is 0. The van der Waals surface area contributed by atoms with Crippen molar-refractivity contribution in [2.45, 2.75) is 0 Å². The van der Waals surface area contributed by atoms with Crippen molar-refractivity contribution in [3.05, 3.63) is 73.6 Å².